The smallest absolute Gasteiger partial charge is 0.368 e. The van der Waals surface area contributed by atoms with Gasteiger partial charge in [0.05, 0.1) is 10.5 Å². The molecule has 140 valence electrons. The Morgan fingerprint density at radius 2 is 1.50 bits per heavy atom. The number of aromatic nitrogens is 1. The number of piperazine rings is 1. The van der Waals surface area contributed by atoms with Crippen molar-refractivity contribution in [3.05, 3.63) is 48.2 Å². The maximum Gasteiger partial charge on any atom is 0.417 e. The molecule has 1 saturated heterocycles. The number of rotatable bonds is 3. The van der Waals surface area contributed by atoms with E-state index in [4.69, 9.17) is 5.14 Å². The molecule has 1 aromatic heterocycles. The Labute approximate surface area is 149 Å². The molecule has 3 rings (SSSR count). The Kier molecular flexibility index (Phi) is 4.80. The van der Waals surface area contributed by atoms with E-state index in [1.54, 1.807) is 12.1 Å². The van der Waals surface area contributed by atoms with E-state index in [2.05, 4.69) is 9.88 Å². The largest absolute Gasteiger partial charge is 0.417 e. The zero-order valence-corrected chi connectivity index (χ0v) is 14.5. The van der Waals surface area contributed by atoms with Crippen LogP contribution in [0.4, 0.5) is 24.7 Å². The molecule has 1 aliphatic heterocycles. The number of benzene rings is 1. The topological polar surface area (TPSA) is 79.5 Å². The summed E-state index contributed by atoms with van der Waals surface area (Å²) in [5.41, 5.74) is 0.0901. The lowest BCUT2D eigenvalue weighted by molar-refractivity contribution is -0.137. The summed E-state index contributed by atoms with van der Waals surface area (Å²) in [6.45, 7) is 2.46. The van der Waals surface area contributed by atoms with E-state index in [0.717, 1.165) is 18.0 Å². The van der Waals surface area contributed by atoms with Crippen LogP contribution in [0.25, 0.3) is 0 Å². The van der Waals surface area contributed by atoms with Gasteiger partial charge in [0.15, 0.2) is 0 Å². The number of primary sulfonamides is 1. The van der Waals surface area contributed by atoms with Crippen molar-refractivity contribution in [2.75, 3.05) is 36.0 Å². The van der Waals surface area contributed by atoms with Crippen molar-refractivity contribution >= 4 is 21.5 Å². The molecule has 26 heavy (non-hydrogen) atoms. The lowest BCUT2D eigenvalue weighted by atomic mass is 10.2. The van der Waals surface area contributed by atoms with Crippen LogP contribution in [0.3, 0.4) is 0 Å². The molecule has 0 atom stereocenters. The molecule has 2 aromatic rings. The van der Waals surface area contributed by atoms with Crippen molar-refractivity contribution in [1.29, 1.82) is 0 Å². The molecule has 6 nitrogen and oxygen atoms in total. The second-order valence-corrected chi connectivity index (χ2v) is 7.48. The van der Waals surface area contributed by atoms with Crippen molar-refractivity contribution < 1.29 is 21.6 Å². The van der Waals surface area contributed by atoms with Crippen molar-refractivity contribution in [3.63, 3.8) is 0 Å². The summed E-state index contributed by atoms with van der Waals surface area (Å²) in [5, 5.41) is 5.08. The molecule has 0 bridgehead atoms. The minimum absolute atomic E-state index is 0.0499. The second-order valence-electron chi connectivity index (χ2n) is 5.92. The van der Waals surface area contributed by atoms with Crippen LogP contribution in [0.15, 0.2) is 47.5 Å². The van der Waals surface area contributed by atoms with Gasteiger partial charge in [0.1, 0.15) is 5.82 Å². The molecule has 0 amide bonds. The van der Waals surface area contributed by atoms with E-state index < -0.39 is 21.8 Å². The Hall–Kier alpha value is -2.33. The van der Waals surface area contributed by atoms with Crippen molar-refractivity contribution in [2.45, 2.75) is 11.1 Å². The fourth-order valence-corrected chi connectivity index (χ4v) is 3.30. The lowest BCUT2D eigenvalue weighted by Gasteiger charge is -2.36. The standard InChI is InChI=1S/C16H17F3N4O2S/c17-16(18,19)12-1-6-15(21-11-12)23-9-7-22(8-10-23)13-2-4-14(5-3-13)26(20,24)25/h1-6,11H,7-10H2,(H2,20,24,25). The van der Waals surface area contributed by atoms with Gasteiger partial charge in [-0.1, -0.05) is 0 Å². The Balaban J connectivity index is 1.64. The first-order valence-corrected chi connectivity index (χ1v) is 9.35. The summed E-state index contributed by atoms with van der Waals surface area (Å²) >= 11 is 0. The number of alkyl halides is 3. The molecule has 0 aliphatic carbocycles. The van der Waals surface area contributed by atoms with Gasteiger partial charge in [0.25, 0.3) is 0 Å². The van der Waals surface area contributed by atoms with Gasteiger partial charge < -0.3 is 9.80 Å². The van der Waals surface area contributed by atoms with Crippen LogP contribution in [-0.4, -0.2) is 39.6 Å². The summed E-state index contributed by atoms with van der Waals surface area (Å²) < 4.78 is 60.4. The third kappa shape index (κ3) is 4.07. The Bertz CT molecular complexity index is 860. The molecule has 1 fully saturated rings. The first-order valence-electron chi connectivity index (χ1n) is 7.80. The van der Waals surface area contributed by atoms with E-state index in [1.165, 1.54) is 18.2 Å². The van der Waals surface area contributed by atoms with Crippen LogP contribution < -0.4 is 14.9 Å². The number of nitrogens with zero attached hydrogens (tertiary/aromatic N) is 3. The average Bonchev–Trinajstić information content (AvgIpc) is 2.61. The molecule has 2 N–H and O–H groups in total. The van der Waals surface area contributed by atoms with Gasteiger partial charge in [-0.15, -0.1) is 0 Å². The molecule has 2 heterocycles. The molecule has 0 unspecified atom stereocenters. The van der Waals surface area contributed by atoms with Gasteiger partial charge >= 0.3 is 6.18 Å². The van der Waals surface area contributed by atoms with Crippen molar-refractivity contribution in [1.82, 2.24) is 4.98 Å². The molecular formula is C16H17F3N4O2S. The maximum atomic E-state index is 12.6. The molecule has 0 spiro atoms. The third-order valence-electron chi connectivity index (χ3n) is 4.21. The summed E-state index contributed by atoms with van der Waals surface area (Å²) in [4.78, 5) is 7.94. The van der Waals surface area contributed by atoms with E-state index in [0.29, 0.717) is 32.0 Å². The fourth-order valence-electron chi connectivity index (χ4n) is 2.78. The van der Waals surface area contributed by atoms with Crippen LogP contribution >= 0.6 is 0 Å². The lowest BCUT2D eigenvalue weighted by Crippen LogP contribution is -2.46. The summed E-state index contributed by atoms with van der Waals surface area (Å²) in [6, 6.07) is 8.68. The van der Waals surface area contributed by atoms with Gasteiger partial charge in [-0.05, 0) is 36.4 Å². The summed E-state index contributed by atoms with van der Waals surface area (Å²) in [5.74, 6) is 0.502. The maximum absolute atomic E-state index is 12.6. The first-order chi connectivity index (χ1) is 12.1. The Morgan fingerprint density at radius 1 is 0.923 bits per heavy atom. The van der Waals surface area contributed by atoms with Crippen LogP contribution in [0.5, 0.6) is 0 Å². The molecule has 0 radical (unpaired) electrons. The summed E-state index contributed by atoms with van der Waals surface area (Å²) in [7, 11) is -3.72. The monoisotopic (exact) mass is 386 g/mol. The van der Waals surface area contributed by atoms with Crippen molar-refractivity contribution in [2.24, 2.45) is 5.14 Å². The highest BCUT2D eigenvalue weighted by Crippen LogP contribution is 2.29. The number of pyridine rings is 1. The molecule has 0 saturated carbocycles. The number of hydrogen-bond donors (Lipinski definition) is 1. The minimum Gasteiger partial charge on any atom is -0.368 e. The number of halogens is 3. The van der Waals surface area contributed by atoms with E-state index >= 15 is 0 Å². The highest BCUT2D eigenvalue weighted by Gasteiger charge is 2.31. The van der Waals surface area contributed by atoms with Gasteiger partial charge in [-0.2, -0.15) is 13.2 Å². The number of sulfonamides is 1. The predicted octanol–water partition coefficient (Wildman–Crippen LogP) is 2.07. The second kappa shape index (κ2) is 6.76. The first kappa shape index (κ1) is 18.5. The fraction of sp³-hybridized carbons (Fsp3) is 0.312. The van der Waals surface area contributed by atoms with E-state index in [1.807, 2.05) is 4.90 Å². The quantitative estimate of drug-likeness (QED) is 0.874. The Morgan fingerprint density at radius 3 is 1.96 bits per heavy atom. The van der Waals surface area contributed by atoms with Crippen LogP contribution in [-0.2, 0) is 16.2 Å². The predicted molar refractivity (Wildman–Crippen MR) is 91.5 cm³/mol. The van der Waals surface area contributed by atoms with Crippen LogP contribution in [0, 0.1) is 0 Å². The minimum atomic E-state index is -4.40. The zero-order valence-electron chi connectivity index (χ0n) is 13.6. The van der Waals surface area contributed by atoms with Gasteiger partial charge in [-0.25, -0.2) is 18.5 Å². The van der Waals surface area contributed by atoms with Gasteiger partial charge in [-0.3, -0.25) is 0 Å². The molecule has 1 aromatic carbocycles. The highest BCUT2D eigenvalue weighted by atomic mass is 32.2. The molecule has 1 aliphatic rings. The number of anilines is 2. The highest BCUT2D eigenvalue weighted by molar-refractivity contribution is 7.89. The summed E-state index contributed by atoms with van der Waals surface area (Å²) in [6.07, 6.45) is -3.55. The van der Waals surface area contributed by atoms with Crippen LogP contribution in [0.1, 0.15) is 5.56 Å². The normalized spacial score (nSPS) is 16.0. The van der Waals surface area contributed by atoms with Gasteiger partial charge in [0, 0.05) is 38.1 Å². The molecule has 10 heteroatoms. The van der Waals surface area contributed by atoms with E-state index in [-0.39, 0.29) is 4.90 Å². The van der Waals surface area contributed by atoms with Crippen LogP contribution in [0.2, 0.25) is 0 Å². The van der Waals surface area contributed by atoms with E-state index in [9.17, 15) is 21.6 Å². The number of nitrogens with two attached hydrogens (primary N) is 1. The van der Waals surface area contributed by atoms with Crippen molar-refractivity contribution in [3.8, 4) is 0 Å². The molecular weight excluding hydrogens is 369 g/mol. The third-order valence-corrected chi connectivity index (χ3v) is 5.14. The zero-order chi connectivity index (χ0) is 18.9. The SMILES string of the molecule is NS(=O)(=O)c1ccc(N2CCN(c3ccc(C(F)(F)F)cn3)CC2)cc1. The van der Waals surface area contributed by atoms with Gasteiger partial charge in [0.2, 0.25) is 10.0 Å². The number of hydrogen-bond acceptors (Lipinski definition) is 5. The average molecular weight is 386 g/mol.